The van der Waals surface area contributed by atoms with Gasteiger partial charge in [0.25, 0.3) is 0 Å². The van der Waals surface area contributed by atoms with Crippen molar-refractivity contribution < 1.29 is 9.53 Å². The SMILES string of the molecule is COc1cccc2c1C(C)(c1ccccc1)C(=O)N2C. The number of hydrogen-bond acceptors (Lipinski definition) is 2. The van der Waals surface area contributed by atoms with Gasteiger partial charge in [-0.05, 0) is 24.6 Å². The van der Waals surface area contributed by atoms with Crippen molar-refractivity contribution in [2.45, 2.75) is 12.3 Å². The summed E-state index contributed by atoms with van der Waals surface area (Å²) in [4.78, 5) is 14.5. The Labute approximate surface area is 118 Å². The summed E-state index contributed by atoms with van der Waals surface area (Å²) < 4.78 is 5.49. The summed E-state index contributed by atoms with van der Waals surface area (Å²) in [6, 6.07) is 15.6. The summed E-state index contributed by atoms with van der Waals surface area (Å²) in [5.74, 6) is 0.828. The number of fused-ring (bicyclic) bond motifs is 1. The van der Waals surface area contributed by atoms with E-state index in [0.29, 0.717) is 0 Å². The Morgan fingerprint density at radius 1 is 1.05 bits per heavy atom. The molecule has 1 amide bonds. The number of methoxy groups -OCH3 is 1. The van der Waals surface area contributed by atoms with Crippen LogP contribution in [0.5, 0.6) is 5.75 Å². The van der Waals surface area contributed by atoms with Crippen molar-refractivity contribution in [3.63, 3.8) is 0 Å². The summed E-state index contributed by atoms with van der Waals surface area (Å²) in [5.41, 5.74) is 2.15. The molecule has 3 nitrogen and oxygen atoms in total. The number of amides is 1. The molecule has 0 aliphatic carbocycles. The van der Waals surface area contributed by atoms with Crippen molar-refractivity contribution >= 4 is 11.6 Å². The second-order valence-corrected chi connectivity index (χ2v) is 5.21. The van der Waals surface area contributed by atoms with Gasteiger partial charge in [0, 0.05) is 12.6 Å². The van der Waals surface area contributed by atoms with Crippen LogP contribution in [0.2, 0.25) is 0 Å². The summed E-state index contributed by atoms with van der Waals surface area (Å²) in [5, 5.41) is 0. The van der Waals surface area contributed by atoms with Crippen molar-refractivity contribution in [2.24, 2.45) is 0 Å². The maximum atomic E-state index is 12.8. The van der Waals surface area contributed by atoms with Gasteiger partial charge in [0.05, 0.1) is 12.8 Å². The first kappa shape index (κ1) is 12.7. The third kappa shape index (κ3) is 1.49. The fraction of sp³-hybridized carbons (Fsp3) is 0.235. The van der Waals surface area contributed by atoms with Crippen LogP contribution in [0.15, 0.2) is 48.5 Å². The maximum Gasteiger partial charge on any atom is 0.241 e. The third-order valence-corrected chi connectivity index (χ3v) is 4.17. The largest absolute Gasteiger partial charge is 0.496 e. The van der Waals surface area contributed by atoms with E-state index in [0.717, 1.165) is 22.6 Å². The fourth-order valence-corrected chi connectivity index (χ4v) is 3.06. The van der Waals surface area contributed by atoms with E-state index >= 15 is 0 Å². The van der Waals surface area contributed by atoms with E-state index in [1.165, 1.54) is 0 Å². The molecule has 0 saturated carbocycles. The lowest BCUT2D eigenvalue weighted by molar-refractivity contribution is -0.121. The molecule has 1 aliphatic heterocycles. The molecular formula is C17H17NO2. The zero-order valence-electron chi connectivity index (χ0n) is 11.9. The van der Waals surface area contributed by atoms with Gasteiger partial charge in [0.15, 0.2) is 0 Å². The minimum absolute atomic E-state index is 0.0724. The monoisotopic (exact) mass is 267 g/mol. The first-order valence-electron chi connectivity index (χ1n) is 6.62. The first-order valence-corrected chi connectivity index (χ1v) is 6.62. The molecule has 0 fully saturated rings. The number of likely N-dealkylation sites (N-methyl/N-ethyl adjacent to an activating group) is 1. The molecule has 1 heterocycles. The van der Waals surface area contributed by atoms with Gasteiger partial charge < -0.3 is 9.64 Å². The van der Waals surface area contributed by atoms with Gasteiger partial charge in [-0.15, -0.1) is 0 Å². The normalized spacial score (nSPS) is 20.9. The van der Waals surface area contributed by atoms with Gasteiger partial charge in [0.1, 0.15) is 11.2 Å². The second kappa shape index (κ2) is 4.37. The number of hydrogen-bond donors (Lipinski definition) is 0. The molecular weight excluding hydrogens is 250 g/mol. The zero-order valence-corrected chi connectivity index (χ0v) is 11.9. The predicted octanol–water partition coefficient (Wildman–Crippen LogP) is 2.98. The molecule has 3 heteroatoms. The smallest absolute Gasteiger partial charge is 0.241 e. The van der Waals surface area contributed by atoms with Gasteiger partial charge in [-0.1, -0.05) is 36.4 Å². The quantitative estimate of drug-likeness (QED) is 0.837. The molecule has 0 bridgehead atoms. The van der Waals surface area contributed by atoms with E-state index in [1.54, 1.807) is 12.0 Å². The summed E-state index contributed by atoms with van der Waals surface area (Å²) in [7, 11) is 3.46. The van der Waals surface area contributed by atoms with Crippen LogP contribution < -0.4 is 9.64 Å². The highest BCUT2D eigenvalue weighted by Gasteiger charge is 2.49. The average Bonchev–Trinajstić information content (AvgIpc) is 2.71. The van der Waals surface area contributed by atoms with Gasteiger partial charge in [-0.3, -0.25) is 4.79 Å². The van der Waals surface area contributed by atoms with Gasteiger partial charge in [-0.25, -0.2) is 0 Å². The molecule has 0 N–H and O–H groups in total. The first-order chi connectivity index (χ1) is 9.60. The molecule has 2 aromatic carbocycles. The van der Waals surface area contributed by atoms with E-state index in [2.05, 4.69) is 0 Å². The Balaban J connectivity index is 2.32. The van der Waals surface area contributed by atoms with Crippen molar-refractivity contribution in [3.8, 4) is 5.75 Å². The lowest BCUT2D eigenvalue weighted by Gasteiger charge is -2.25. The molecule has 0 radical (unpaired) electrons. The van der Waals surface area contributed by atoms with E-state index in [1.807, 2.05) is 62.5 Å². The zero-order chi connectivity index (χ0) is 14.3. The summed E-state index contributed by atoms with van der Waals surface area (Å²) in [6.07, 6.45) is 0. The molecule has 1 aliphatic rings. The number of rotatable bonds is 2. The van der Waals surface area contributed by atoms with Crippen LogP contribution in [-0.4, -0.2) is 20.1 Å². The molecule has 0 aromatic heterocycles. The van der Waals surface area contributed by atoms with Gasteiger partial charge in [-0.2, -0.15) is 0 Å². The van der Waals surface area contributed by atoms with Crippen LogP contribution in [-0.2, 0) is 10.2 Å². The Kier molecular flexibility index (Phi) is 2.78. The highest BCUT2D eigenvalue weighted by molar-refractivity contribution is 6.10. The van der Waals surface area contributed by atoms with Crippen molar-refractivity contribution in [1.82, 2.24) is 0 Å². The molecule has 1 unspecified atom stereocenters. The van der Waals surface area contributed by atoms with Gasteiger partial charge >= 0.3 is 0 Å². The van der Waals surface area contributed by atoms with Crippen molar-refractivity contribution in [3.05, 3.63) is 59.7 Å². The molecule has 0 spiro atoms. The molecule has 20 heavy (non-hydrogen) atoms. The average molecular weight is 267 g/mol. The van der Waals surface area contributed by atoms with Crippen LogP contribution in [0.1, 0.15) is 18.1 Å². The Bertz CT molecular complexity index is 666. The number of benzene rings is 2. The van der Waals surface area contributed by atoms with Crippen molar-refractivity contribution in [1.29, 1.82) is 0 Å². The fourth-order valence-electron chi connectivity index (χ4n) is 3.06. The van der Waals surface area contributed by atoms with Crippen LogP contribution in [0.4, 0.5) is 5.69 Å². The Morgan fingerprint density at radius 2 is 1.75 bits per heavy atom. The number of carbonyl (C=O) groups is 1. The minimum Gasteiger partial charge on any atom is -0.496 e. The number of anilines is 1. The highest BCUT2D eigenvalue weighted by atomic mass is 16.5. The second-order valence-electron chi connectivity index (χ2n) is 5.21. The molecule has 1 atom stereocenters. The number of carbonyl (C=O) groups excluding carboxylic acids is 1. The number of nitrogens with zero attached hydrogens (tertiary/aromatic N) is 1. The minimum atomic E-state index is -0.696. The molecule has 2 aromatic rings. The lowest BCUT2D eigenvalue weighted by Crippen LogP contribution is -2.37. The summed E-state index contributed by atoms with van der Waals surface area (Å²) >= 11 is 0. The lowest BCUT2D eigenvalue weighted by atomic mass is 9.77. The van der Waals surface area contributed by atoms with Crippen LogP contribution in [0, 0.1) is 0 Å². The van der Waals surface area contributed by atoms with Gasteiger partial charge in [0.2, 0.25) is 5.91 Å². The van der Waals surface area contributed by atoms with E-state index in [4.69, 9.17) is 4.74 Å². The van der Waals surface area contributed by atoms with Crippen LogP contribution >= 0.6 is 0 Å². The molecule has 102 valence electrons. The van der Waals surface area contributed by atoms with Crippen LogP contribution in [0.25, 0.3) is 0 Å². The Morgan fingerprint density at radius 3 is 2.40 bits per heavy atom. The number of ether oxygens (including phenoxy) is 1. The predicted molar refractivity (Wildman–Crippen MR) is 79.3 cm³/mol. The van der Waals surface area contributed by atoms with Crippen LogP contribution in [0.3, 0.4) is 0 Å². The third-order valence-electron chi connectivity index (χ3n) is 4.17. The standard InChI is InChI=1S/C17H17NO2/c1-17(12-8-5-4-6-9-12)15-13(18(2)16(17)19)10-7-11-14(15)20-3/h4-11H,1-3H3. The van der Waals surface area contributed by atoms with E-state index in [9.17, 15) is 4.79 Å². The highest BCUT2D eigenvalue weighted by Crippen LogP contribution is 2.49. The van der Waals surface area contributed by atoms with Crippen molar-refractivity contribution in [2.75, 3.05) is 19.1 Å². The maximum absolute atomic E-state index is 12.8. The topological polar surface area (TPSA) is 29.5 Å². The summed E-state index contributed by atoms with van der Waals surface area (Å²) in [6.45, 7) is 1.97. The van der Waals surface area contributed by atoms with E-state index < -0.39 is 5.41 Å². The molecule has 0 saturated heterocycles. The van der Waals surface area contributed by atoms with E-state index in [-0.39, 0.29) is 5.91 Å². The Hall–Kier alpha value is -2.29. The molecule has 3 rings (SSSR count).